The summed E-state index contributed by atoms with van der Waals surface area (Å²) in [6, 6.07) is 2.05. The van der Waals surface area contributed by atoms with Crippen LogP contribution in [0.1, 0.15) is 10.4 Å². The third-order valence-electron chi connectivity index (χ3n) is 2.63. The van der Waals surface area contributed by atoms with Crippen LogP contribution in [0.25, 0.3) is 5.52 Å². The molecule has 1 N–H and O–H groups in total. The number of fused-ring (bicyclic) bond motifs is 1. The first-order chi connectivity index (χ1) is 9.65. The van der Waals surface area contributed by atoms with E-state index in [1.165, 1.54) is 23.1 Å². The molecule has 0 unspecified atom stereocenters. The van der Waals surface area contributed by atoms with Crippen molar-refractivity contribution >= 4 is 17.1 Å². The summed E-state index contributed by atoms with van der Waals surface area (Å²) in [4.78, 5) is 18.9. The zero-order valence-electron chi connectivity index (χ0n) is 9.92. The highest BCUT2D eigenvalue weighted by Gasteiger charge is 2.15. The Hall–Kier alpha value is -2.90. The topological polar surface area (TPSA) is 72.2 Å². The minimum absolute atomic E-state index is 0.209. The second-order valence-corrected chi connectivity index (χ2v) is 3.89. The van der Waals surface area contributed by atoms with Gasteiger partial charge in [-0.05, 0) is 12.1 Å². The Morgan fingerprint density at radius 3 is 2.90 bits per heavy atom. The van der Waals surface area contributed by atoms with Crippen LogP contribution < -0.4 is 5.32 Å². The van der Waals surface area contributed by atoms with Crippen molar-refractivity contribution < 1.29 is 13.6 Å². The maximum absolute atomic E-state index is 13.4. The third-order valence-corrected chi connectivity index (χ3v) is 2.63. The van der Waals surface area contributed by atoms with Gasteiger partial charge in [0.1, 0.15) is 0 Å². The normalized spacial score (nSPS) is 10.7. The third kappa shape index (κ3) is 2.07. The fourth-order valence-electron chi connectivity index (χ4n) is 1.70. The maximum atomic E-state index is 13.4. The summed E-state index contributed by atoms with van der Waals surface area (Å²) < 4.78 is 27.5. The lowest BCUT2D eigenvalue weighted by molar-refractivity contribution is 0.102. The summed E-state index contributed by atoms with van der Waals surface area (Å²) >= 11 is 0. The van der Waals surface area contributed by atoms with Crippen molar-refractivity contribution in [3.8, 4) is 0 Å². The molecule has 6 nitrogen and oxygen atoms in total. The second-order valence-electron chi connectivity index (χ2n) is 3.89. The highest BCUT2D eigenvalue weighted by molar-refractivity contribution is 6.08. The van der Waals surface area contributed by atoms with Crippen molar-refractivity contribution in [3.05, 3.63) is 54.4 Å². The van der Waals surface area contributed by atoms with Crippen molar-refractivity contribution in [3.63, 3.8) is 0 Å². The maximum Gasteiger partial charge on any atom is 0.259 e. The van der Waals surface area contributed by atoms with Crippen molar-refractivity contribution in [1.82, 2.24) is 19.6 Å². The molecular formula is C12H7F2N5O. The first kappa shape index (κ1) is 12.2. The van der Waals surface area contributed by atoms with E-state index in [2.05, 4.69) is 20.4 Å². The average molecular weight is 275 g/mol. The van der Waals surface area contributed by atoms with Crippen LogP contribution in [0.15, 0.2) is 36.9 Å². The molecule has 3 rings (SSSR count). The molecule has 0 spiro atoms. The van der Waals surface area contributed by atoms with Crippen molar-refractivity contribution in [2.45, 2.75) is 0 Å². The van der Waals surface area contributed by atoms with E-state index in [-0.39, 0.29) is 11.3 Å². The highest BCUT2D eigenvalue weighted by atomic mass is 19.1. The molecule has 0 atom stereocenters. The molecule has 0 radical (unpaired) electrons. The second kappa shape index (κ2) is 4.65. The van der Waals surface area contributed by atoms with E-state index < -0.39 is 17.8 Å². The largest absolute Gasteiger partial charge is 0.318 e. The van der Waals surface area contributed by atoms with Gasteiger partial charge in [-0.25, -0.2) is 4.52 Å². The number of nitrogens with one attached hydrogen (secondary N) is 1. The van der Waals surface area contributed by atoms with Crippen LogP contribution in [0.4, 0.5) is 14.5 Å². The van der Waals surface area contributed by atoms with Gasteiger partial charge in [0.25, 0.3) is 5.91 Å². The standard InChI is InChI=1S/C12H7F2N5O/c13-10-2-1-8(11(14)18-10)17-12(20)7-5-16-19-4-3-15-6-9(7)19/h1-6H,(H,17,20). The van der Waals surface area contributed by atoms with Gasteiger partial charge in [0, 0.05) is 12.4 Å². The lowest BCUT2D eigenvalue weighted by Gasteiger charge is -2.04. The number of hydrogen-bond donors (Lipinski definition) is 1. The zero-order chi connectivity index (χ0) is 14.1. The number of aromatic nitrogens is 4. The predicted molar refractivity (Wildman–Crippen MR) is 65.1 cm³/mol. The Morgan fingerprint density at radius 1 is 1.25 bits per heavy atom. The molecule has 100 valence electrons. The van der Waals surface area contributed by atoms with Crippen molar-refractivity contribution in [2.24, 2.45) is 0 Å². The van der Waals surface area contributed by atoms with Gasteiger partial charge in [-0.15, -0.1) is 0 Å². The van der Waals surface area contributed by atoms with Crippen molar-refractivity contribution in [1.29, 1.82) is 0 Å². The van der Waals surface area contributed by atoms with Gasteiger partial charge in [-0.3, -0.25) is 9.78 Å². The van der Waals surface area contributed by atoms with Gasteiger partial charge in [-0.2, -0.15) is 18.9 Å². The van der Waals surface area contributed by atoms with Gasteiger partial charge in [0.05, 0.1) is 29.2 Å². The Labute approximate surface area is 111 Å². The fraction of sp³-hybridized carbons (Fsp3) is 0. The number of hydrogen-bond acceptors (Lipinski definition) is 4. The number of carbonyl (C=O) groups is 1. The molecule has 3 aromatic heterocycles. The van der Waals surface area contributed by atoms with E-state index in [1.807, 2.05) is 0 Å². The summed E-state index contributed by atoms with van der Waals surface area (Å²) in [6.45, 7) is 0. The fourth-order valence-corrected chi connectivity index (χ4v) is 1.70. The number of anilines is 1. The quantitative estimate of drug-likeness (QED) is 0.722. The molecule has 0 bridgehead atoms. The number of halogens is 2. The first-order valence-electron chi connectivity index (χ1n) is 5.56. The lowest BCUT2D eigenvalue weighted by atomic mass is 10.2. The molecular weight excluding hydrogens is 268 g/mol. The van der Waals surface area contributed by atoms with E-state index in [0.29, 0.717) is 5.52 Å². The Kier molecular flexibility index (Phi) is 2.82. The van der Waals surface area contributed by atoms with Gasteiger partial charge < -0.3 is 5.32 Å². The smallest absolute Gasteiger partial charge is 0.259 e. The minimum atomic E-state index is -1.09. The van der Waals surface area contributed by atoms with E-state index in [1.54, 1.807) is 6.20 Å². The summed E-state index contributed by atoms with van der Waals surface area (Å²) in [5.41, 5.74) is 0.488. The van der Waals surface area contributed by atoms with Gasteiger partial charge >= 0.3 is 0 Å². The van der Waals surface area contributed by atoms with Gasteiger partial charge in [0.15, 0.2) is 0 Å². The highest BCUT2D eigenvalue weighted by Crippen LogP contribution is 2.15. The van der Waals surface area contributed by atoms with Gasteiger partial charge in [0.2, 0.25) is 11.9 Å². The average Bonchev–Trinajstić information content (AvgIpc) is 2.86. The molecule has 0 saturated heterocycles. The molecule has 0 aromatic carbocycles. The van der Waals surface area contributed by atoms with Crippen LogP contribution in [-0.4, -0.2) is 25.5 Å². The van der Waals surface area contributed by atoms with Crippen LogP contribution in [0, 0.1) is 11.9 Å². The molecule has 0 saturated carbocycles. The number of nitrogens with zero attached hydrogens (tertiary/aromatic N) is 4. The number of rotatable bonds is 2. The predicted octanol–water partition coefficient (Wildman–Crippen LogP) is 1.65. The molecule has 0 aliphatic carbocycles. The lowest BCUT2D eigenvalue weighted by Crippen LogP contribution is -2.13. The van der Waals surface area contributed by atoms with Crippen LogP contribution in [0.2, 0.25) is 0 Å². The molecule has 8 heteroatoms. The van der Waals surface area contributed by atoms with Crippen molar-refractivity contribution in [2.75, 3.05) is 5.32 Å². The van der Waals surface area contributed by atoms with E-state index in [9.17, 15) is 13.6 Å². The molecule has 0 fully saturated rings. The Balaban J connectivity index is 1.93. The monoisotopic (exact) mass is 275 g/mol. The summed E-state index contributed by atoms with van der Waals surface area (Å²) in [7, 11) is 0. The van der Waals surface area contributed by atoms with E-state index in [4.69, 9.17) is 0 Å². The number of carbonyl (C=O) groups excluding carboxylic acids is 1. The SMILES string of the molecule is O=C(Nc1ccc(F)nc1F)c1cnn2ccncc12. The molecule has 0 aliphatic heterocycles. The van der Waals surface area contributed by atoms with Gasteiger partial charge in [-0.1, -0.05) is 0 Å². The Morgan fingerprint density at radius 2 is 2.10 bits per heavy atom. The Bertz CT molecular complexity index is 801. The first-order valence-corrected chi connectivity index (χ1v) is 5.56. The van der Waals surface area contributed by atoms with Crippen LogP contribution in [0.3, 0.4) is 0 Å². The molecule has 3 heterocycles. The molecule has 3 aromatic rings. The zero-order valence-corrected chi connectivity index (χ0v) is 9.92. The molecule has 0 aliphatic rings. The number of amides is 1. The van der Waals surface area contributed by atoms with Crippen LogP contribution in [-0.2, 0) is 0 Å². The van der Waals surface area contributed by atoms with E-state index in [0.717, 1.165) is 12.1 Å². The van der Waals surface area contributed by atoms with E-state index >= 15 is 0 Å². The molecule has 20 heavy (non-hydrogen) atoms. The molecule has 1 amide bonds. The summed E-state index contributed by atoms with van der Waals surface area (Å²) in [5.74, 6) is -2.63. The summed E-state index contributed by atoms with van der Waals surface area (Å²) in [5, 5.41) is 6.27. The van der Waals surface area contributed by atoms with Crippen LogP contribution in [0.5, 0.6) is 0 Å². The number of pyridine rings is 1. The van der Waals surface area contributed by atoms with Crippen LogP contribution >= 0.6 is 0 Å². The summed E-state index contributed by atoms with van der Waals surface area (Å²) in [6.07, 6.45) is 5.89. The minimum Gasteiger partial charge on any atom is -0.318 e.